The molecule has 0 spiro atoms. The van der Waals surface area contributed by atoms with Gasteiger partial charge >= 0.3 is 0 Å². The Bertz CT molecular complexity index is 695. The minimum absolute atomic E-state index is 0.0331. The van der Waals surface area contributed by atoms with Crippen molar-refractivity contribution in [3.8, 4) is 17.2 Å². The molecule has 0 amide bonds. The van der Waals surface area contributed by atoms with Crippen LogP contribution in [0.1, 0.15) is 11.4 Å². The van der Waals surface area contributed by atoms with Crippen molar-refractivity contribution in [3.05, 3.63) is 60.2 Å². The molecule has 2 aromatic heterocycles. The second-order valence-electron chi connectivity index (χ2n) is 4.39. The largest absolute Gasteiger partial charge is 0.505 e. The Morgan fingerprint density at radius 2 is 1.90 bits per heavy atom. The molecule has 2 heterocycles. The molecule has 100 valence electrons. The highest BCUT2D eigenvalue weighted by molar-refractivity contribution is 5.60. The molecule has 0 aliphatic heterocycles. The van der Waals surface area contributed by atoms with Crippen molar-refractivity contribution in [2.75, 3.05) is 0 Å². The predicted octanol–water partition coefficient (Wildman–Crippen LogP) is 2.62. The molecule has 0 bridgehead atoms. The van der Waals surface area contributed by atoms with Gasteiger partial charge in [-0.2, -0.15) is 4.98 Å². The number of nitrogens with zero attached hydrogens (tertiary/aromatic N) is 3. The molecule has 0 aliphatic carbocycles. The summed E-state index contributed by atoms with van der Waals surface area (Å²) in [6.07, 6.45) is 4.47. The van der Waals surface area contributed by atoms with Gasteiger partial charge in [0.25, 0.3) is 5.89 Å². The Labute approximate surface area is 115 Å². The highest BCUT2D eigenvalue weighted by Crippen LogP contribution is 2.26. The summed E-state index contributed by atoms with van der Waals surface area (Å²) in [6, 6.07) is 11.8. The van der Waals surface area contributed by atoms with E-state index in [4.69, 9.17) is 4.52 Å². The van der Waals surface area contributed by atoms with Crippen molar-refractivity contribution in [1.29, 1.82) is 0 Å². The molecule has 5 nitrogen and oxygen atoms in total. The number of pyridine rings is 1. The number of rotatable bonds is 4. The first-order valence-corrected chi connectivity index (χ1v) is 6.33. The topological polar surface area (TPSA) is 72.0 Å². The molecule has 1 N–H and O–H groups in total. The van der Waals surface area contributed by atoms with E-state index in [-0.39, 0.29) is 5.75 Å². The van der Waals surface area contributed by atoms with Crippen LogP contribution in [0.5, 0.6) is 5.75 Å². The van der Waals surface area contributed by atoms with Gasteiger partial charge in [-0.3, -0.25) is 4.98 Å². The van der Waals surface area contributed by atoms with Gasteiger partial charge in [0.05, 0.1) is 11.8 Å². The summed E-state index contributed by atoms with van der Waals surface area (Å²) >= 11 is 0. The van der Waals surface area contributed by atoms with Crippen LogP contribution in [-0.4, -0.2) is 20.2 Å². The molecule has 0 radical (unpaired) electrons. The van der Waals surface area contributed by atoms with E-state index in [1.165, 1.54) is 11.8 Å². The fraction of sp³-hybridized carbons (Fsp3) is 0.133. The molecule has 0 atom stereocenters. The van der Waals surface area contributed by atoms with E-state index in [0.717, 1.165) is 6.42 Å². The zero-order valence-electron chi connectivity index (χ0n) is 10.7. The number of aromatic nitrogens is 3. The standard InChI is InChI=1S/C15H13N3O2/c19-13-10-16-9-8-12(13)15-17-14(18-20-15)7-6-11-4-2-1-3-5-11/h1-5,8-10,19H,6-7H2. The van der Waals surface area contributed by atoms with Gasteiger partial charge in [0.2, 0.25) is 0 Å². The van der Waals surface area contributed by atoms with Crippen molar-refractivity contribution in [2.45, 2.75) is 12.8 Å². The fourth-order valence-corrected chi connectivity index (χ4v) is 1.93. The molecule has 3 rings (SSSR count). The summed E-state index contributed by atoms with van der Waals surface area (Å²) in [7, 11) is 0. The quantitative estimate of drug-likeness (QED) is 0.786. The third kappa shape index (κ3) is 2.66. The number of hydrogen-bond acceptors (Lipinski definition) is 5. The van der Waals surface area contributed by atoms with E-state index in [0.29, 0.717) is 23.7 Å². The molecule has 0 saturated heterocycles. The Balaban J connectivity index is 1.73. The van der Waals surface area contributed by atoms with Crippen LogP contribution < -0.4 is 0 Å². The first kappa shape index (κ1) is 12.3. The van der Waals surface area contributed by atoms with Crippen molar-refractivity contribution < 1.29 is 9.63 Å². The summed E-state index contributed by atoms with van der Waals surface area (Å²) in [6.45, 7) is 0. The third-order valence-corrected chi connectivity index (χ3v) is 2.98. The first-order chi connectivity index (χ1) is 9.83. The monoisotopic (exact) mass is 267 g/mol. The summed E-state index contributed by atoms with van der Waals surface area (Å²) in [5.74, 6) is 0.971. The van der Waals surface area contributed by atoms with Gasteiger partial charge in [-0.15, -0.1) is 0 Å². The predicted molar refractivity (Wildman–Crippen MR) is 73.0 cm³/mol. The minimum atomic E-state index is 0.0331. The summed E-state index contributed by atoms with van der Waals surface area (Å²) in [5, 5.41) is 13.6. The first-order valence-electron chi connectivity index (χ1n) is 6.33. The lowest BCUT2D eigenvalue weighted by Gasteiger charge is -1.97. The van der Waals surface area contributed by atoms with E-state index in [9.17, 15) is 5.11 Å². The van der Waals surface area contributed by atoms with Crippen LogP contribution in [0, 0.1) is 0 Å². The molecule has 20 heavy (non-hydrogen) atoms. The number of hydrogen-bond donors (Lipinski definition) is 1. The lowest BCUT2D eigenvalue weighted by atomic mass is 10.1. The van der Waals surface area contributed by atoms with Crippen molar-refractivity contribution >= 4 is 0 Å². The van der Waals surface area contributed by atoms with Crippen LogP contribution in [0.15, 0.2) is 53.3 Å². The van der Waals surface area contributed by atoms with E-state index in [1.54, 1.807) is 12.3 Å². The molecule has 0 fully saturated rings. The minimum Gasteiger partial charge on any atom is -0.505 e. The zero-order valence-corrected chi connectivity index (χ0v) is 10.7. The lowest BCUT2D eigenvalue weighted by molar-refractivity contribution is 0.417. The summed E-state index contributed by atoms with van der Waals surface area (Å²) in [5.41, 5.74) is 1.73. The zero-order chi connectivity index (χ0) is 13.8. The highest BCUT2D eigenvalue weighted by atomic mass is 16.5. The maximum Gasteiger partial charge on any atom is 0.261 e. The van der Waals surface area contributed by atoms with Crippen LogP contribution in [-0.2, 0) is 12.8 Å². The number of benzene rings is 1. The van der Waals surface area contributed by atoms with Gasteiger partial charge in [-0.05, 0) is 18.1 Å². The highest BCUT2D eigenvalue weighted by Gasteiger charge is 2.12. The van der Waals surface area contributed by atoms with Crippen LogP contribution >= 0.6 is 0 Å². The molecule has 5 heteroatoms. The third-order valence-electron chi connectivity index (χ3n) is 2.98. The van der Waals surface area contributed by atoms with Crippen LogP contribution in [0.2, 0.25) is 0 Å². The Kier molecular flexibility index (Phi) is 3.41. The second kappa shape index (κ2) is 5.52. The van der Waals surface area contributed by atoms with Gasteiger partial charge in [-0.25, -0.2) is 0 Å². The van der Waals surface area contributed by atoms with Gasteiger partial charge in [0.1, 0.15) is 5.75 Å². The molecule has 1 aromatic carbocycles. The smallest absolute Gasteiger partial charge is 0.261 e. The van der Waals surface area contributed by atoms with Crippen LogP contribution in [0.3, 0.4) is 0 Å². The van der Waals surface area contributed by atoms with Gasteiger partial charge in [0, 0.05) is 12.6 Å². The van der Waals surface area contributed by atoms with E-state index in [2.05, 4.69) is 27.3 Å². The fourth-order valence-electron chi connectivity index (χ4n) is 1.93. The molecule has 0 aliphatic rings. The van der Waals surface area contributed by atoms with Gasteiger partial charge in [-0.1, -0.05) is 35.5 Å². The molecule has 0 saturated carbocycles. The normalized spacial score (nSPS) is 10.6. The average molecular weight is 267 g/mol. The molecular formula is C15H13N3O2. The van der Waals surface area contributed by atoms with Gasteiger partial charge < -0.3 is 9.63 Å². The van der Waals surface area contributed by atoms with Crippen LogP contribution in [0.25, 0.3) is 11.5 Å². The summed E-state index contributed by atoms with van der Waals surface area (Å²) in [4.78, 5) is 8.10. The summed E-state index contributed by atoms with van der Waals surface area (Å²) < 4.78 is 5.17. The van der Waals surface area contributed by atoms with Gasteiger partial charge in [0.15, 0.2) is 5.82 Å². The van der Waals surface area contributed by atoms with Crippen LogP contribution in [0.4, 0.5) is 0 Å². The van der Waals surface area contributed by atoms with E-state index >= 15 is 0 Å². The number of aromatic hydroxyl groups is 1. The van der Waals surface area contributed by atoms with Crippen molar-refractivity contribution in [1.82, 2.24) is 15.1 Å². The Morgan fingerprint density at radius 1 is 1.05 bits per heavy atom. The van der Waals surface area contributed by atoms with Crippen molar-refractivity contribution in [3.63, 3.8) is 0 Å². The molecule has 0 unspecified atom stereocenters. The molecule has 3 aromatic rings. The van der Waals surface area contributed by atoms with E-state index in [1.807, 2.05) is 18.2 Å². The SMILES string of the molecule is Oc1cnccc1-c1nc(CCc2ccccc2)no1. The lowest BCUT2D eigenvalue weighted by Crippen LogP contribution is -1.93. The average Bonchev–Trinajstić information content (AvgIpc) is 2.95. The maximum atomic E-state index is 9.69. The Morgan fingerprint density at radius 3 is 2.70 bits per heavy atom. The Hall–Kier alpha value is -2.69. The second-order valence-corrected chi connectivity index (χ2v) is 4.39. The molecular weight excluding hydrogens is 254 g/mol. The van der Waals surface area contributed by atoms with E-state index < -0.39 is 0 Å². The maximum absolute atomic E-state index is 9.69. The number of aryl methyl sites for hydroxylation is 2. The van der Waals surface area contributed by atoms with Crippen molar-refractivity contribution in [2.24, 2.45) is 0 Å².